The van der Waals surface area contributed by atoms with Crippen molar-refractivity contribution in [1.29, 1.82) is 0 Å². The number of halogens is 5. The van der Waals surface area contributed by atoms with Crippen LogP contribution in [-0.2, 0) is 11.0 Å². The van der Waals surface area contributed by atoms with E-state index in [1.54, 1.807) is 0 Å². The fourth-order valence-corrected chi connectivity index (χ4v) is 4.18. The lowest BCUT2D eigenvalue weighted by Crippen LogP contribution is -2.30. The molecule has 0 bridgehead atoms. The molecule has 1 aromatic carbocycles. The zero-order valence-electron chi connectivity index (χ0n) is 16.7. The molecule has 4 rings (SSSR count). The molecule has 1 unspecified atom stereocenters. The largest absolute Gasteiger partial charge is 0.497 e. The summed E-state index contributed by atoms with van der Waals surface area (Å²) in [5, 5.41) is 0. The van der Waals surface area contributed by atoms with E-state index in [1.165, 1.54) is 13.2 Å². The average molecular weight is 441 g/mol. The summed E-state index contributed by atoms with van der Waals surface area (Å²) < 4.78 is 73.8. The predicted molar refractivity (Wildman–Crippen MR) is 103 cm³/mol. The molecule has 1 atom stereocenters. The normalized spacial score (nSPS) is 19.4. The molecule has 1 amide bonds. The molecule has 1 aromatic heterocycles. The van der Waals surface area contributed by atoms with Crippen LogP contribution >= 0.6 is 0 Å². The Bertz CT molecular complexity index is 982. The Morgan fingerprint density at radius 3 is 2.32 bits per heavy atom. The van der Waals surface area contributed by atoms with Gasteiger partial charge < -0.3 is 9.64 Å². The molecular formula is C21H20F5N3O2. The van der Waals surface area contributed by atoms with Crippen molar-refractivity contribution in [3.63, 3.8) is 0 Å². The molecule has 5 nitrogen and oxygen atoms in total. The summed E-state index contributed by atoms with van der Waals surface area (Å²) >= 11 is 0. The average Bonchev–Trinajstić information content (AvgIpc) is 3.36. The number of hydrogen-bond acceptors (Lipinski definition) is 4. The minimum absolute atomic E-state index is 0.00389. The van der Waals surface area contributed by atoms with Crippen molar-refractivity contribution in [3.8, 4) is 5.75 Å². The van der Waals surface area contributed by atoms with Crippen LogP contribution in [0.1, 0.15) is 36.4 Å². The number of alkyl halides is 3. The van der Waals surface area contributed by atoms with Crippen molar-refractivity contribution in [2.24, 2.45) is 0 Å². The lowest BCUT2D eigenvalue weighted by Gasteiger charge is -2.26. The third-order valence-corrected chi connectivity index (χ3v) is 5.67. The zero-order chi connectivity index (χ0) is 22.3. The van der Waals surface area contributed by atoms with E-state index in [0.717, 1.165) is 35.9 Å². The van der Waals surface area contributed by atoms with E-state index in [-0.39, 0.29) is 30.1 Å². The van der Waals surface area contributed by atoms with Gasteiger partial charge in [-0.05, 0) is 25.0 Å². The van der Waals surface area contributed by atoms with Crippen LogP contribution in [0, 0.1) is 11.6 Å². The molecule has 0 aliphatic carbocycles. The molecule has 2 aliphatic rings. The van der Waals surface area contributed by atoms with Crippen LogP contribution in [0.3, 0.4) is 0 Å². The maximum atomic E-state index is 14.5. The highest BCUT2D eigenvalue weighted by molar-refractivity contribution is 5.98. The van der Waals surface area contributed by atoms with Crippen molar-refractivity contribution in [2.75, 3.05) is 36.5 Å². The third kappa shape index (κ3) is 4.03. The highest BCUT2D eigenvalue weighted by Gasteiger charge is 2.39. The Balaban J connectivity index is 1.72. The monoisotopic (exact) mass is 441 g/mol. The van der Waals surface area contributed by atoms with Crippen molar-refractivity contribution in [2.45, 2.75) is 31.4 Å². The van der Waals surface area contributed by atoms with Gasteiger partial charge in [-0.3, -0.25) is 9.69 Å². The minimum Gasteiger partial charge on any atom is -0.497 e. The number of amides is 1. The van der Waals surface area contributed by atoms with Gasteiger partial charge in [0.05, 0.1) is 12.8 Å². The molecule has 2 fully saturated rings. The van der Waals surface area contributed by atoms with E-state index < -0.39 is 35.3 Å². The van der Waals surface area contributed by atoms with Gasteiger partial charge >= 0.3 is 6.18 Å². The summed E-state index contributed by atoms with van der Waals surface area (Å²) in [7, 11) is 1.27. The second-order valence-corrected chi connectivity index (χ2v) is 7.64. The van der Waals surface area contributed by atoms with Crippen molar-refractivity contribution in [3.05, 3.63) is 47.2 Å². The molecule has 0 radical (unpaired) electrons. The third-order valence-electron chi connectivity index (χ3n) is 5.67. The Labute approximate surface area is 175 Å². The van der Waals surface area contributed by atoms with Crippen molar-refractivity contribution in [1.82, 2.24) is 4.98 Å². The van der Waals surface area contributed by atoms with Gasteiger partial charge in [0.2, 0.25) is 5.91 Å². The van der Waals surface area contributed by atoms with Crippen LogP contribution in [0.2, 0.25) is 0 Å². The first-order chi connectivity index (χ1) is 14.7. The summed E-state index contributed by atoms with van der Waals surface area (Å²) in [6.07, 6.45) is -3.18. The molecule has 10 heteroatoms. The van der Waals surface area contributed by atoms with Gasteiger partial charge in [-0.1, -0.05) is 0 Å². The first-order valence-corrected chi connectivity index (χ1v) is 9.85. The molecule has 2 aliphatic heterocycles. The highest BCUT2D eigenvalue weighted by Crippen LogP contribution is 2.40. The van der Waals surface area contributed by atoms with Crippen LogP contribution < -0.4 is 14.5 Å². The SMILES string of the molecule is COc1cc(F)c(C2CC(=O)N(c3nc(C(F)(F)F)ccc3N3CCCC3)C2)c(F)c1. The van der Waals surface area contributed by atoms with Crippen LogP contribution in [0.25, 0.3) is 0 Å². The van der Waals surface area contributed by atoms with E-state index in [9.17, 15) is 26.7 Å². The topological polar surface area (TPSA) is 45.7 Å². The Morgan fingerprint density at radius 2 is 1.74 bits per heavy atom. The number of pyridine rings is 1. The lowest BCUT2D eigenvalue weighted by molar-refractivity contribution is -0.141. The van der Waals surface area contributed by atoms with Gasteiger partial charge in [0.25, 0.3) is 0 Å². The number of benzene rings is 1. The smallest absolute Gasteiger partial charge is 0.433 e. The molecule has 31 heavy (non-hydrogen) atoms. The molecular weight excluding hydrogens is 421 g/mol. The van der Waals surface area contributed by atoms with Crippen LogP contribution in [0.5, 0.6) is 5.75 Å². The minimum atomic E-state index is -4.69. The van der Waals surface area contributed by atoms with Crippen LogP contribution in [0.15, 0.2) is 24.3 Å². The number of anilines is 2. The summed E-state index contributed by atoms with van der Waals surface area (Å²) in [4.78, 5) is 19.5. The van der Waals surface area contributed by atoms with E-state index in [2.05, 4.69) is 4.98 Å². The number of nitrogens with zero attached hydrogens (tertiary/aromatic N) is 3. The van der Waals surface area contributed by atoms with Gasteiger partial charge in [0.1, 0.15) is 23.1 Å². The van der Waals surface area contributed by atoms with Gasteiger partial charge in [0, 0.05) is 49.7 Å². The van der Waals surface area contributed by atoms with E-state index in [1.807, 2.05) is 4.90 Å². The molecule has 0 spiro atoms. The van der Waals surface area contributed by atoms with Crippen LogP contribution in [-0.4, -0.2) is 37.6 Å². The summed E-state index contributed by atoms with van der Waals surface area (Å²) in [5.41, 5.74) is -0.995. The molecule has 3 heterocycles. The van der Waals surface area contributed by atoms with Crippen molar-refractivity contribution >= 4 is 17.4 Å². The number of ether oxygens (including phenoxy) is 1. The van der Waals surface area contributed by atoms with E-state index >= 15 is 0 Å². The second-order valence-electron chi connectivity index (χ2n) is 7.64. The molecule has 2 saturated heterocycles. The molecule has 166 valence electrons. The number of carbonyl (C=O) groups excluding carboxylic acids is 1. The standard InChI is InChI=1S/C21H20F5N3O2/c1-31-13-9-14(22)19(15(23)10-13)12-8-18(30)29(11-12)20-16(28-6-2-3-7-28)4-5-17(27-20)21(24,25)26/h4-5,9-10,12H,2-3,6-8,11H2,1H3. The fraction of sp³-hybridized carbons (Fsp3) is 0.429. The molecule has 0 saturated carbocycles. The zero-order valence-corrected chi connectivity index (χ0v) is 16.7. The van der Waals surface area contributed by atoms with Gasteiger partial charge in [-0.25, -0.2) is 13.8 Å². The fourth-order valence-electron chi connectivity index (χ4n) is 4.18. The summed E-state index contributed by atoms with van der Waals surface area (Å²) in [6, 6.07) is 4.23. The second kappa shape index (κ2) is 7.97. The number of aromatic nitrogens is 1. The first-order valence-electron chi connectivity index (χ1n) is 9.85. The summed E-state index contributed by atoms with van der Waals surface area (Å²) in [5.74, 6) is -3.26. The van der Waals surface area contributed by atoms with Crippen molar-refractivity contribution < 1.29 is 31.5 Å². The lowest BCUT2D eigenvalue weighted by atomic mass is 9.97. The number of rotatable bonds is 4. The quantitative estimate of drug-likeness (QED) is 0.656. The maximum absolute atomic E-state index is 14.5. The summed E-state index contributed by atoms with van der Waals surface area (Å²) in [6.45, 7) is 1.09. The van der Waals surface area contributed by atoms with Crippen LogP contribution in [0.4, 0.5) is 33.5 Å². The predicted octanol–water partition coefficient (Wildman–Crippen LogP) is 4.51. The molecule has 2 aromatic rings. The van der Waals surface area contributed by atoms with Gasteiger partial charge in [-0.15, -0.1) is 0 Å². The Morgan fingerprint density at radius 1 is 1.10 bits per heavy atom. The Kier molecular flexibility index (Phi) is 5.49. The number of carbonyl (C=O) groups is 1. The number of methoxy groups -OCH3 is 1. The number of hydrogen-bond donors (Lipinski definition) is 0. The maximum Gasteiger partial charge on any atom is 0.433 e. The van der Waals surface area contributed by atoms with Gasteiger partial charge in [0.15, 0.2) is 5.82 Å². The first kappa shape index (κ1) is 21.3. The highest BCUT2D eigenvalue weighted by atomic mass is 19.4. The molecule has 0 N–H and O–H groups in total. The Hall–Kier alpha value is -2.91. The van der Waals surface area contributed by atoms with E-state index in [0.29, 0.717) is 18.8 Å². The van der Waals surface area contributed by atoms with E-state index in [4.69, 9.17) is 4.74 Å². The van der Waals surface area contributed by atoms with Gasteiger partial charge in [-0.2, -0.15) is 13.2 Å².